The standard InChI is InChI=1S/C17H28N2O/c1-12-8-14-15(9-17(2,3)10-16(14)20-12)19-11-13-4-6-18-7-5-13/h8,13,15,18-19H,4-7,9-11H2,1-3H3. The van der Waals surface area contributed by atoms with E-state index >= 15 is 0 Å². The molecule has 1 saturated heterocycles. The van der Waals surface area contributed by atoms with E-state index in [1.807, 2.05) is 0 Å². The first kappa shape index (κ1) is 14.2. The third-order valence-corrected chi connectivity index (χ3v) is 4.85. The third kappa shape index (κ3) is 3.09. The maximum absolute atomic E-state index is 5.91. The molecular formula is C17H28N2O. The molecule has 1 aliphatic heterocycles. The average molecular weight is 276 g/mol. The first-order valence-electron chi connectivity index (χ1n) is 8.07. The Morgan fingerprint density at radius 3 is 2.85 bits per heavy atom. The summed E-state index contributed by atoms with van der Waals surface area (Å²) in [6.45, 7) is 10.3. The summed E-state index contributed by atoms with van der Waals surface area (Å²) in [5.74, 6) is 3.10. The van der Waals surface area contributed by atoms with Gasteiger partial charge >= 0.3 is 0 Å². The molecule has 1 atom stereocenters. The molecule has 0 amide bonds. The predicted molar refractivity (Wildman–Crippen MR) is 81.9 cm³/mol. The summed E-state index contributed by atoms with van der Waals surface area (Å²) >= 11 is 0. The van der Waals surface area contributed by atoms with Gasteiger partial charge in [-0.15, -0.1) is 0 Å². The number of aryl methyl sites for hydroxylation is 1. The second-order valence-electron chi connectivity index (χ2n) is 7.43. The molecule has 1 fully saturated rings. The molecule has 1 aromatic heterocycles. The normalized spacial score (nSPS) is 26.4. The van der Waals surface area contributed by atoms with Gasteiger partial charge in [-0.25, -0.2) is 0 Å². The van der Waals surface area contributed by atoms with Crippen LogP contribution in [-0.4, -0.2) is 19.6 Å². The van der Waals surface area contributed by atoms with Crippen LogP contribution < -0.4 is 10.6 Å². The molecule has 3 rings (SSSR count). The van der Waals surface area contributed by atoms with Crippen LogP contribution in [0.3, 0.4) is 0 Å². The number of hydrogen-bond donors (Lipinski definition) is 2. The lowest BCUT2D eigenvalue weighted by atomic mass is 9.74. The van der Waals surface area contributed by atoms with Gasteiger partial charge in [-0.3, -0.25) is 0 Å². The topological polar surface area (TPSA) is 37.2 Å². The summed E-state index contributed by atoms with van der Waals surface area (Å²) in [6.07, 6.45) is 4.90. The van der Waals surface area contributed by atoms with Gasteiger partial charge in [0.2, 0.25) is 0 Å². The minimum atomic E-state index is 0.336. The van der Waals surface area contributed by atoms with Crippen molar-refractivity contribution in [1.82, 2.24) is 10.6 Å². The fourth-order valence-corrected chi connectivity index (χ4v) is 3.76. The number of piperidine rings is 1. The molecule has 0 radical (unpaired) electrons. The highest BCUT2D eigenvalue weighted by Gasteiger charge is 2.34. The molecule has 2 heterocycles. The Hall–Kier alpha value is -0.800. The predicted octanol–water partition coefficient (Wildman–Crippen LogP) is 3.19. The number of furan rings is 1. The zero-order chi connectivity index (χ0) is 14.2. The maximum Gasteiger partial charge on any atom is 0.109 e. The van der Waals surface area contributed by atoms with Crippen molar-refractivity contribution in [3.05, 3.63) is 23.2 Å². The summed E-state index contributed by atoms with van der Waals surface area (Å²) < 4.78 is 5.91. The fraction of sp³-hybridized carbons (Fsp3) is 0.765. The minimum Gasteiger partial charge on any atom is -0.466 e. The van der Waals surface area contributed by atoms with E-state index in [1.165, 1.54) is 43.7 Å². The van der Waals surface area contributed by atoms with E-state index in [9.17, 15) is 0 Å². The van der Waals surface area contributed by atoms with Crippen molar-refractivity contribution in [3.8, 4) is 0 Å². The van der Waals surface area contributed by atoms with E-state index < -0.39 is 0 Å². The van der Waals surface area contributed by atoms with Crippen molar-refractivity contribution in [3.63, 3.8) is 0 Å². The van der Waals surface area contributed by atoms with Crippen molar-refractivity contribution in [2.24, 2.45) is 11.3 Å². The first-order valence-corrected chi connectivity index (χ1v) is 8.07. The van der Waals surface area contributed by atoms with E-state index in [0.29, 0.717) is 11.5 Å². The fourth-order valence-electron chi connectivity index (χ4n) is 3.76. The van der Waals surface area contributed by atoms with Crippen LogP contribution in [0, 0.1) is 18.3 Å². The van der Waals surface area contributed by atoms with E-state index in [1.54, 1.807) is 0 Å². The van der Waals surface area contributed by atoms with Crippen LogP contribution in [0.1, 0.15) is 56.2 Å². The van der Waals surface area contributed by atoms with Gasteiger partial charge in [-0.05, 0) is 63.2 Å². The Morgan fingerprint density at radius 1 is 1.35 bits per heavy atom. The van der Waals surface area contributed by atoms with E-state index in [4.69, 9.17) is 4.42 Å². The van der Waals surface area contributed by atoms with E-state index in [-0.39, 0.29) is 0 Å². The van der Waals surface area contributed by atoms with E-state index in [2.05, 4.69) is 37.5 Å². The number of fused-ring (bicyclic) bond motifs is 1. The number of rotatable bonds is 3. The molecule has 2 N–H and O–H groups in total. The highest BCUT2D eigenvalue weighted by molar-refractivity contribution is 5.29. The maximum atomic E-state index is 5.91. The third-order valence-electron chi connectivity index (χ3n) is 4.85. The molecule has 2 aliphatic rings. The van der Waals surface area contributed by atoms with Crippen LogP contribution in [0.4, 0.5) is 0 Å². The summed E-state index contributed by atoms with van der Waals surface area (Å²) in [7, 11) is 0. The lowest BCUT2D eigenvalue weighted by molar-refractivity contribution is 0.224. The smallest absolute Gasteiger partial charge is 0.109 e. The van der Waals surface area contributed by atoms with Gasteiger partial charge in [0, 0.05) is 18.0 Å². The van der Waals surface area contributed by atoms with Gasteiger partial charge in [-0.1, -0.05) is 13.8 Å². The second kappa shape index (κ2) is 5.53. The molecule has 20 heavy (non-hydrogen) atoms. The molecule has 1 aromatic rings. The van der Waals surface area contributed by atoms with Crippen molar-refractivity contribution in [2.75, 3.05) is 19.6 Å². The number of hydrogen-bond acceptors (Lipinski definition) is 3. The summed E-state index contributed by atoms with van der Waals surface area (Å²) in [5.41, 5.74) is 1.75. The van der Waals surface area contributed by atoms with Crippen molar-refractivity contribution >= 4 is 0 Å². The van der Waals surface area contributed by atoms with Crippen LogP contribution in [0.2, 0.25) is 0 Å². The Balaban J connectivity index is 1.68. The van der Waals surface area contributed by atoms with Crippen LogP contribution in [-0.2, 0) is 6.42 Å². The Labute approximate surface area is 122 Å². The summed E-state index contributed by atoms with van der Waals surface area (Å²) in [6, 6.07) is 2.71. The van der Waals surface area contributed by atoms with Gasteiger partial charge in [-0.2, -0.15) is 0 Å². The van der Waals surface area contributed by atoms with Gasteiger partial charge < -0.3 is 15.1 Å². The summed E-state index contributed by atoms with van der Waals surface area (Å²) in [5, 5.41) is 7.27. The van der Waals surface area contributed by atoms with Crippen LogP contribution >= 0.6 is 0 Å². The lowest BCUT2D eigenvalue weighted by Gasteiger charge is -2.36. The Morgan fingerprint density at radius 2 is 2.10 bits per heavy atom. The largest absolute Gasteiger partial charge is 0.466 e. The Kier molecular flexibility index (Phi) is 3.91. The average Bonchev–Trinajstić information content (AvgIpc) is 2.76. The summed E-state index contributed by atoms with van der Waals surface area (Å²) in [4.78, 5) is 0. The van der Waals surface area contributed by atoms with Crippen LogP contribution in [0.15, 0.2) is 10.5 Å². The SMILES string of the molecule is Cc1cc2c(o1)CC(C)(C)CC2NCC1CCNCC1. The molecule has 1 unspecified atom stereocenters. The van der Waals surface area contributed by atoms with E-state index in [0.717, 1.165) is 24.6 Å². The molecule has 0 saturated carbocycles. The number of nitrogens with one attached hydrogen (secondary N) is 2. The molecule has 0 aromatic carbocycles. The molecule has 3 nitrogen and oxygen atoms in total. The van der Waals surface area contributed by atoms with Crippen LogP contribution in [0.5, 0.6) is 0 Å². The zero-order valence-electron chi connectivity index (χ0n) is 13.1. The molecule has 112 valence electrons. The van der Waals surface area contributed by atoms with Gasteiger partial charge in [0.25, 0.3) is 0 Å². The van der Waals surface area contributed by atoms with Gasteiger partial charge in [0.05, 0.1) is 0 Å². The molecule has 3 heteroatoms. The monoisotopic (exact) mass is 276 g/mol. The van der Waals surface area contributed by atoms with Crippen molar-refractivity contribution in [2.45, 2.75) is 52.5 Å². The highest BCUT2D eigenvalue weighted by Crippen LogP contribution is 2.42. The molecule has 0 spiro atoms. The lowest BCUT2D eigenvalue weighted by Crippen LogP contribution is -2.38. The second-order valence-corrected chi connectivity index (χ2v) is 7.43. The van der Waals surface area contributed by atoms with Crippen molar-refractivity contribution in [1.29, 1.82) is 0 Å². The quantitative estimate of drug-likeness (QED) is 0.890. The molecule has 0 bridgehead atoms. The Bertz CT molecular complexity index is 458. The van der Waals surface area contributed by atoms with Gasteiger partial charge in [0.1, 0.15) is 11.5 Å². The first-order chi connectivity index (χ1) is 9.53. The minimum absolute atomic E-state index is 0.336. The van der Waals surface area contributed by atoms with Crippen molar-refractivity contribution < 1.29 is 4.42 Å². The molecular weight excluding hydrogens is 248 g/mol. The van der Waals surface area contributed by atoms with Crippen LogP contribution in [0.25, 0.3) is 0 Å². The highest BCUT2D eigenvalue weighted by atomic mass is 16.3. The van der Waals surface area contributed by atoms with Gasteiger partial charge in [0.15, 0.2) is 0 Å². The molecule has 1 aliphatic carbocycles. The zero-order valence-corrected chi connectivity index (χ0v) is 13.1.